The van der Waals surface area contributed by atoms with Gasteiger partial charge in [0.2, 0.25) is 0 Å². The van der Waals surface area contributed by atoms with Crippen LogP contribution >= 0.6 is 0 Å². The van der Waals surface area contributed by atoms with Crippen LogP contribution in [0.25, 0.3) is 0 Å². The van der Waals surface area contributed by atoms with E-state index in [-0.39, 0.29) is 17.1 Å². The van der Waals surface area contributed by atoms with E-state index in [9.17, 15) is 14.4 Å². The maximum Gasteiger partial charge on any atom is 0.401 e. The lowest BCUT2D eigenvalue weighted by Gasteiger charge is -2.13. The van der Waals surface area contributed by atoms with Gasteiger partial charge in [0.1, 0.15) is 17.1 Å². The fourth-order valence-electron chi connectivity index (χ4n) is 3.29. The Morgan fingerprint density at radius 3 is 1.03 bits per heavy atom. The van der Waals surface area contributed by atoms with Gasteiger partial charge in [0, 0.05) is 18.6 Å². The van der Waals surface area contributed by atoms with Crippen LogP contribution in [0.1, 0.15) is 65.6 Å². The summed E-state index contributed by atoms with van der Waals surface area (Å²) in [4.78, 5) is 65.4. The third-order valence-corrected chi connectivity index (χ3v) is 4.69. The van der Waals surface area contributed by atoms with Crippen LogP contribution in [0.15, 0.2) is 18.6 Å². The summed E-state index contributed by atoms with van der Waals surface area (Å²) in [6.45, 7) is 8.30. The predicted molar refractivity (Wildman–Crippen MR) is 113 cm³/mol. The zero-order chi connectivity index (χ0) is 22.9. The largest absolute Gasteiger partial charge is 0.401 e. The predicted octanol–water partition coefficient (Wildman–Crippen LogP) is 1.97. The Morgan fingerprint density at radius 2 is 0.806 bits per heavy atom. The van der Waals surface area contributed by atoms with E-state index in [1.807, 2.05) is 0 Å². The van der Waals surface area contributed by atoms with Crippen LogP contribution in [0.2, 0.25) is 0 Å². The minimum atomic E-state index is -1.72. The summed E-state index contributed by atoms with van der Waals surface area (Å²) in [5.74, 6) is 0. The number of aromatic nitrogens is 6. The minimum Gasteiger partial charge on any atom is -0.303 e. The Kier molecular flexibility index (Phi) is 6.10. The van der Waals surface area contributed by atoms with Crippen LogP contribution in [0.4, 0.5) is 0 Å². The van der Waals surface area contributed by atoms with E-state index in [0.717, 1.165) is 0 Å². The van der Waals surface area contributed by atoms with E-state index in [1.165, 1.54) is 18.6 Å². The lowest BCUT2D eigenvalue weighted by Crippen LogP contribution is -2.46. The molecule has 0 amide bonds. The van der Waals surface area contributed by atoms with Crippen molar-refractivity contribution in [1.29, 1.82) is 0 Å². The average Bonchev–Trinajstić information content (AvgIpc) is 2.67. The first-order valence-electron chi connectivity index (χ1n) is 9.63. The van der Waals surface area contributed by atoms with Crippen LogP contribution in [-0.4, -0.2) is 53.7 Å². The SMILES string of the molecule is Cc1cnc(C(=O)B(C(=O)c2ncc(C)nc2C)C(=O)c2ncc(C)nc2C)c(C)n1. The Balaban J connectivity index is 2.16. The summed E-state index contributed by atoms with van der Waals surface area (Å²) in [7, 11) is 0. The average molecular weight is 416 g/mol. The monoisotopic (exact) mass is 416 g/mol. The van der Waals surface area contributed by atoms with E-state index in [1.54, 1.807) is 41.5 Å². The molecule has 0 saturated heterocycles. The number of nitrogens with zero attached hydrogens (tertiary/aromatic N) is 6. The second-order valence-corrected chi connectivity index (χ2v) is 7.36. The zero-order valence-electron chi connectivity index (χ0n) is 18.2. The summed E-state index contributed by atoms with van der Waals surface area (Å²) in [5, 5.41) is 0. The quantitative estimate of drug-likeness (QED) is 0.554. The van der Waals surface area contributed by atoms with E-state index >= 15 is 0 Å². The van der Waals surface area contributed by atoms with Crippen LogP contribution in [0.3, 0.4) is 0 Å². The van der Waals surface area contributed by atoms with E-state index in [4.69, 9.17) is 0 Å². The summed E-state index contributed by atoms with van der Waals surface area (Å²) in [6.07, 6.45) is 4.25. The van der Waals surface area contributed by atoms with Crippen molar-refractivity contribution in [3.63, 3.8) is 0 Å². The molecular formula is C21H21BN6O3. The van der Waals surface area contributed by atoms with Crippen molar-refractivity contribution >= 4 is 23.8 Å². The first-order valence-corrected chi connectivity index (χ1v) is 9.63. The van der Waals surface area contributed by atoms with Gasteiger partial charge in [0.15, 0.2) is 17.0 Å². The molecular weight excluding hydrogens is 395 g/mol. The standard InChI is InChI=1S/C21H21BN6O3/c1-10-7-23-16(13(4)26-10)19(29)22(20(30)17-14(5)27-11(2)8-24-17)21(31)18-15(6)28-12(3)9-25-18/h7-9H,1-6H3. The first kappa shape index (κ1) is 22.0. The topological polar surface area (TPSA) is 129 Å². The number of aryl methyl sites for hydroxylation is 6. The minimum absolute atomic E-state index is 0.0484. The molecule has 0 saturated carbocycles. The van der Waals surface area contributed by atoms with E-state index in [0.29, 0.717) is 34.2 Å². The Hall–Kier alpha value is -3.69. The maximum atomic E-state index is 13.4. The molecule has 0 aliphatic rings. The normalized spacial score (nSPS) is 10.6. The summed E-state index contributed by atoms with van der Waals surface area (Å²) in [5.41, 5.74) is 0.400. The van der Waals surface area contributed by atoms with Crippen molar-refractivity contribution < 1.29 is 14.4 Å². The van der Waals surface area contributed by atoms with Crippen molar-refractivity contribution in [1.82, 2.24) is 29.9 Å². The molecule has 0 aromatic carbocycles. The van der Waals surface area contributed by atoms with Gasteiger partial charge in [0.05, 0.1) is 34.2 Å². The Morgan fingerprint density at radius 1 is 0.548 bits per heavy atom. The molecule has 0 atom stereocenters. The molecule has 0 spiro atoms. The lowest BCUT2D eigenvalue weighted by atomic mass is 9.38. The van der Waals surface area contributed by atoms with Crippen molar-refractivity contribution in [2.75, 3.05) is 0 Å². The number of hydrogen-bond acceptors (Lipinski definition) is 9. The van der Waals surface area contributed by atoms with Crippen molar-refractivity contribution in [3.8, 4) is 0 Å². The van der Waals surface area contributed by atoms with Gasteiger partial charge in [-0.1, -0.05) is 0 Å². The van der Waals surface area contributed by atoms with Crippen LogP contribution in [0, 0.1) is 41.5 Å². The molecule has 3 heterocycles. The molecule has 3 rings (SSSR count). The molecule has 0 N–H and O–H groups in total. The lowest BCUT2D eigenvalue weighted by molar-refractivity contribution is 0.0989. The molecule has 3 aromatic heterocycles. The molecule has 0 unspecified atom stereocenters. The Labute approximate surface area is 179 Å². The molecule has 0 bridgehead atoms. The van der Waals surface area contributed by atoms with Crippen LogP contribution in [-0.2, 0) is 0 Å². The van der Waals surface area contributed by atoms with Gasteiger partial charge in [-0.2, -0.15) is 0 Å². The molecule has 0 aliphatic heterocycles. The molecule has 3 aromatic rings. The molecule has 0 fully saturated rings. The highest BCUT2D eigenvalue weighted by atomic mass is 16.2. The summed E-state index contributed by atoms with van der Waals surface area (Å²) >= 11 is 0. The Bertz CT molecular complexity index is 1080. The summed E-state index contributed by atoms with van der Waals surface area (Å²) < 4.78 is 0. The smallest absolute Gasteiger partial charge is 0.303 e. The van der Waals surface area contributed by atoms with Gasteiger partial charge in [-0.3, -0.25) is 29.9 Å². The molecule has 9 nitrogen and oxygen atoms in total. The van der Waals surface area contributed by atoms with Crippen LogP contribution < -0.4 is 0 Å². The van der Waals surface area contributed by atoms with Crippen LogP contribution in [0.5, 0.6) is 0 Å². The van der Waals surface area contributed by atoms with Crippen molar-refractivity contribution in [2.24, 2.45) is 0 Å². The second-order valence-electron chi connectivity index (χ2n) is 7.36. The third-order valence-electron chi connectivity index (χ3n) is 4.69. The highest BCUT2D eigenvalue weighted by Gasteiger charge is 2.45. The highest BCUT2D eigenvalue weighted by Crippen LogP contribution is 2.16. The van der Waals surface area contributed by atoms with Gasteiger partial charge in [-0.15, -0.1) is 0 Å². The van der Waals surface area contributed by atoms with E-state index in [2.05, 4.69) is 29.9 Å². The first-order chi connectivity index (χ1) is 14.6. The number of rotatable bonds is 6. The molecule has 10 heteroatoms. The summed E-state index contributed by atoms with van der Waals surface area (Å²) in [6, 6.07) is 0. The van der Waals surface area contributed by atoms with Crippen molar-refractivity contribution in [3.05, 3.63) is 69.8 Å². The number of hydrogen-bond donors (Lipinski definition) is 0. The molecule has 0 aliphatic carbocycles. The second kappa shape index (κ2) is 8.59. The zero-order valence-corrected chi connectivity index (χ0v) is 18.2. The van der Waals surface area contributed by atoms with Gasteiger partial charge < -0.3 is 14.4 Å². The van der Waals surface area contributed by atoms with Gasteiger partial charge >= 0.3 is 6.71 Å². The molecule has 31 heavy (non-hydrogen) atoms. The molecule has 156 valence electrons. The van der Waals surface area contributed by atoms with Gasteiger partial charge in [0.25, 0.3) is 0 Å². The maximum absolute atomic E-state index is 13.4. The fraction of sp³-hybridized carbons (Fsp3) is 0.286. The fourth-order valence-corrected chi connectivity index (χ4v) is 3.29. The van der Waals surface area contributed by atoms with Gasteiger partial charge in [-0.05, 0) is 41.5 Å². The number of carbonyl (C=O) groups excluding carboxylic acids is 3. The number of carbonyl (C=O) groups is 3. The third kappa shape index (κ3) is 4.42. The van der Waals surface area contributed by atoms with Crippen molar-refractivity contribution in [2.45, 2.75) is 41.5 Å². The van der Waals surface area contributed by atoms with Gasteiger partial charge in [-0.25, -0.2) is 0 Å². The van der Waals surface area contributed by atoms with E-state index < -0.39 is 23.8 Å². The molecule has 0 radical (unpaired) electrons. The highest BCUT2D eigenvalue weighted by molar-refractivity contribution is 7.31.